The van der Waals surface area contributed by atoms with Crippen LogP contribution < -0.4 is 0 Å². The van der Waals surface area contributed by atoms with Crippen LogP contribution in [-0.4, -0.2) is 3.21 Å². The Balaban J connectivity index is 0.000000189. The molecular weight excluding hydrogens is 698 g/mol. The van der Waals surface area contributed by atoms with Crippen molar-refractivity contribution in [1.29, 1.82) is 0 Å². The van der Waals surface area contributed by atoms with Crippen molar-refractivity contribution in [2.75, 3.05) is 0 Å². The third-order valence-electron chi connectivity index (χ3n) is 7.95. The van der Waals surface area contributed by atoms with Crippen molar-refractivity contribution in [3.63, 3.8) is 0 Å². The molecule has 0 aliphatic heterocycles. The molecule has 0 bridgehead atoms. The van der Waals surface area contributed by atoms with Crippen molar-refractivity contribution in [2.24, 2.45) is 0 Å². The molecular formula is C41H38F6Zr. The van der Waals surface area contributed by atoms with Gasteiger partial charge in [0.05, 0.1) is 0 Å². The average Bonchev–Trinajstić information content (AvgIpc) is 3.71. The van der Waals surface area contributed by atoms with Gasteiger partial charge in [0.25, 0.3) is 0 Å². The third-order valence-corrected chi connectivity index (χ3v) is 9.37. The van der Waals surface area contributed by atoms with Gasteiger partial charge in [-0.2, -0.15) is 18.2 Å². The van der Waals surface area contributed by atoms with E-state index in [0.717, 1.165) is 48.5 Å². The van der Waals surface area contributed by atoms with Gasteiger partial charge < -0.3 is 0 Å². The standard InChI is InChI=1S/C21H25.C15H8F6.C5H5.Zr/c1-20(2,3)16-9-7-14-11-15-8-10-17(21(4,5)6)13-19(15)18(14)12-16;16-14(17,18)12-5-1-3-10(8-12)7-11-4-2-6-13(9-11)15(19,20)21;1-2-4-5-3-1;/h7-13H,1-6H3;1-6,8-9H;1-5H;/q-1;;-1;+2. The monoisotopic (exact) mass is 734 g/mol. The molecule has 0 aromatic heterocycles. The van der Waals surface area contributed by atoms with Gasteiger partial charge in [-0.05, 0) is 10.8 Å². The van der Waals surface area contributed by atoms with Gasteiger partial charge in [-0.1, -0.05) is 76.9 Å². The summed E-state index contributed by atoms with van der Waals surface area (Å²) in [5, 5.41) is 5.49. The summed E-state index contributed by atoms with van der Waals surface area (Å²) in [4.78, 5) is 0. The summed E-state index contributed by atoms with van der Waals surface area (Å²) in [6.45, 7) is 13.7. The van der Waals surface area contributed by atoms with E-state index < -0.39 is 23.5 Å². The maximum atomic E-state index is 12.7. The first-order chi connectivity index (χ1) is 22.2. The van der Waals surface area contributed by atoms with E-state index in [-0.39, 0.29) is 22.0 Å². The maximum Gasteiger partial charge on any atom is -0.172 e. The van der Waals surface area contributed by atoms with Crippen molar-refractivity contribution < 1.29 is 50.6 Å². The number of alkyl halides is 6. The van der Waals surface area contributed by atoms with Gasteiger partial charge >= 0.3 is 137 Å². The van der Waals surface area contributed by atoms with Crippen LogP contribution >= 0.6 is 0 Å². The van der Waals surface area contributed by atoms with Gasteiger partial charge in [-0.3, -0.25) is 0 Å². The number of rotatable bonds is 2. The summed E-state index contributed by atoms with van der Waals surface area (Å²) >= 11 is 0.729. The SMILES string of the molecule is CC(C)(C)c1ccc2[cH-]c3ccc(C(C)(C)C)cc3c2c1.FC(F)(F)c1cccc([C](=[Zr+2])c2cccc(C(F)(F)F)c2)c1.c1cc[cH-]c1. The molecule has 48 heavy (non-hydrogen) atoms. The quantitative estimate of drug-likeness (QED) is 0.123. The van der Waals surface area contributed by atoms with Crippen molar-refractivity contribution in [3.8, 4) is 0 Å². The molecule has 0 N–H and O–H groups in total. The summed E-state index contributed by atoms with van der Waals surface area (Å²) in [7, 11) is 0. The van der Waals surface area contributed by atoms with Crippen LogP contribution in [0.3, 0.4) is 0 Å². The van der Waals surface area contributed by atoms with Gasteiger partial charge in [0.1, 0.15) is 0 Å². The van der Waals surface area contributed by atoms with Crippen LogP contribution in [0.4, 0.5) is 26.3 Å². The third kappa shape index (κ3) is 9.53. The van der Waals surface area contributed by atoms with E-state index in [4.69, 9.17) is 0 Å². The summed E-state index contributed by atoms with van der Waals surface area (Å²) in [5.41, 5.74) is 2.10. The van der Waals surface area contributed by atoms with E-state index in [9.17, 15) is 26.3 Å². The first-order valence-corrected chi connectivity index (χ1v) is 16.7. The molecule has 0 atom stereocenters. The molecule has 7 heteroatoms. The van der Waals surface area contributed by atoms with E-state index in [2.05, 4.69) is 84.0 Å². The minimum atomic E-state index is -4.49. The Labute approximate surface area is 293 Å². The van der Waals surface area contributed by atoms with Crippen LogP contribution in [0, 0.1) is 0 Å². The Bertz CT molecular complexity index is 1830. The van der Waals surface area contributed by atoms with Crippen LogP contribution in [0.15, 0.2) is 121 Å². The van der Waals surface area contributed by atoms with Crippen LogP contribution in [0.5, 0.6) is 0 Å². The zero-order valence-electron chi connectivity index (χ0n) is 27.8. The molecule has 248 valence electrons. The number of hydrogen-bond donors (Lipinski definition) is 0. The molecule has 0 saturated heterocycles. The summed E-state index contributed by atoms with van der Waals surface area (Å²) in [6, 6.07) is 35.3. The van der Waals surface area contributed by atoms with E-state index in [1.165, 1.54) is 56.9 Å². The molecule has 0 nitrogen and oxygen atoms in total. The van der Waals surface area contributed by atoms with E-state index in [0.29, 0.717) is 3.21 Å². The van der Waals surface area contributed by atoms with Crippen LogP contribution in [0.25, 0.3) is 21.5 Å². The van der Waals surface area contributed by atoms with Crippen molar-refractivity contribution in [3.05, 3.63) is 155 Å². The molecule has 0 unspecified atom stereocenters. The van der Waals surface area contributed by atoms with Gasteiger partial charge in [-0.15, -0.1) is 39.7 Å². The Morgan fingerprint density at radius 3 is 1.21 bits per heavy atom. The minimum Gasteiger partial charge on any atom is -0.214 e. The average molecular weight is 736 g/mol. The Morgan fingerprint density at radius 2 is 0.896 bits per heavy atom. The molecule has 0 amide bonds. The van der Waals surface area contributed by atoms with Crippen LogP contribution in [0.1, 0.15) is 74.9 Å². The predicted octanol–water partition coefficient (Wildman–Crippen LogP) is 12.6. The van der Waals surface area contributed by atoms with Crippen molar-refractivity contribution in [1.82, 2.24) is 0 Å². The second kappa shape index (κ2) is 14.5. The van der Waals surface area contributed by atoms with E-state index >= 15 is 0 Å². The molecule has 0 spiro atoms. The Morgan fingerprint density at radius 1 is 0.500 bits per heavy atom. The molecule has 0 fully saturated rings. The second-order valence-electron chi connectivity index (χ2n) is 13.7. The molecule has 0 aliphatic rings. The first kappa shape index (κ1) is 37.3. The Hall–Kier alpha value is -3.57. The van der Waals surface area contributed by atoms with Crippen LogP contribution in [-0.2, 0) is 47.4 Å². The fourth-order valence-electron chi connectivity index (χ4n) is 5.12. The number of hydrogen-bond acceptors (Lipinski definition) is 0. The van der Waals surface area contributed by atoms with Crippen molar-refractivity contribution >= 4 is 24.8 Å². The molecule has 0 radical (unpaired) electrons. The molecule has 6 rings (SSSR count). The number of halogens is 6. The fraction of sp³-hybridized carbons (Fsp3) is 0.244. The summed E-state index contributed by atoms with van der Waals surface area (Å²) in [6.07, 6.45) is -8.97. The maximum absolute atomic E-state index is 12.7. The normalized spacial score (nSPS) is 12.3. The van der Waals surface area contributed by atoms with Gasteiger partial charge in [0.15, 0.2) is 0 Å². The molecule has 0 saturated carbocycles. The summed E-state index contributed by atoms with van der Waals surface area (Å²) in [5.74, 6) is 0. The minimum absolute atomic E-state index is 0.194. The van der Waals surface area contributed by atoms with Crippen molar-refractivity contribution in [2.45, 2.75) is 64.7 Å². The Kier molecular flexibility index (Phi) is 11.3. The predicted molar refractivity (Wildman–Crippen MR) is 183 cm³/mol. The van der Waals surface area contributed by atoms with Gasteiger partial charge in [0, 0.05) is 0 Å². The number of benzene rings is 4. The zero-order chi connectivity index (χ0) is 35.5. The number of fused-ring (bicyclic) bond motifs is 3. The zero-order valence-corrected chi connectivity index (χ0v) is 30.3. The van der Waals surface area contributed by atoms with Gasteiger partial charge in [-0.25, -0.2) is 12.1 Å². The van der Waals surface area contributed by atoms with E-state index in [1.807, 2.05) is 30.3 Å². The molecule has 6 aromatic rings. The first-order valence-electron chi connectivity index (χ1n) is 15.5. The second-order valence-corrected chi connectivity index (χ2v) is 15.0. The largest absolute Gasteiger partial charge is 0.214 e. The smallest absolute Gasteiger partial charge is 0.172 e. The summed E-state index contributed by atoms with van der Waals surface area (Å²) < 4.78 is 76.7. The van der Waals surface area contributed by atoms with Crippen LogP contribution in [0.2, 0.25) is 0 Å². The van der Waals surface area contributed by atoms with Gasteiger partial charge in [0.2, 0.25) is 0 Å². The molecule has 6 aromatic carbocycles. The molecule has 0 heterocycles. The fourth-order valence-corrected chi connectivity index (χ4v) is 5.89. The van der Waals surface area contributed by atoms with E-state index in [1.54, 1.807) is 0 Å². The molecule has 0 aliphatic carbocycles. The topological polar surface area (TPSA) is 0 Å².